The first-order valence-corrected chi connectivity index (χ1v) is 4.24. The van der Waals surface area contributed by atoms with E-state index in [2.05, 4.69) is 5.32 Å². The lowest BCUT2D eigenvalue weighted by Gasteiger charge is -2.08. The highest BCUT2D eigenvalue weighted by atomic mass is 16.4. The molecule has 0 unspecified atom stereocenters. The molecule has 0 bridgehead atoms. The zero-order chi connectivity index (χ0) is 10.3. The van der Waals surface area contributed by atoms with Gasteiger partial charge in [0.15, 0.2) is 0 Å². The van der Waals surface area contributed by atoms with E-state index < -0.39 is 5.97 Å². The molecule has 0 aliphatic carbocycles. The third-order valence-electron chi connectivity index (χ3n) is 1.56. The average Bonchev–Trinajstić information content (AvgIpc) is 1.96. The Morgan fingerprint density at radius 2 is 2.15 bits per heavy atom. The number of amides is 1. The molecule has 0 rings (SSSR count). The summed E-state index contributed by atoms with van der Waals surface area (Å²) in [7, 11) is 0. The molecule has 0 aliphatic heterocycles. The molecule has 1 amide bonds. The Morgan fingerprint density at radius 3 is 2.62 bits per heavy atom. The predicted octanol–water partition coefficient (Wildman–Crippen LogP) is -0.295. The van der Waals surface area contributed by atoms with Gasteiger partial charge in [0.2, 0.25) is 5.91 Å². The van der Waals surface area contributed by atoms with Crippen molar-refractivity contribution in [2.45, 2.75) is 32.2 Å². The minimum atomic E-state index is -0.882. The van der Waals surface area contributed by atoms with Crippen LogP contribution in [0.2, 0.25) is 0 Å². The number of nitrogens with one attached hydrogen (secondary N) is 1. The maximum absolute atomic E-state index is 10.4. The first-order chi connectivity index (χ1) is 6.02. The number of hydrogen-bond acceptors (Lipinski definition) is 3. The summed E-state index contributed by atoms with van der Waals surface area (Å²) < 4.78 is 0. The number of carbonyl (C=O) groups is 2. The molecule has 1 atom stereocenters. The lowest BCUT2D eigenvalue weighted by Crippen LogP contribution is -2.26. The minimum absolute atomic E-state index is 0.0138. The summed E-state index contributed by atoms with van der Waals surface area (Å²) in [5, 5.41) is 11.0. The average molecular weight is 188 g/mol. The van der Waals surface area contributed by atoms with Crippen molar-refractivity contribution in [3.63, 3.8) is 0 Å². The van der Waals surface area contributed by atoms with Crippen LogP contribution in [0, 0.1) is 0 Å². The lowest BCUT2D eigenvalue weighted by molar-refractivity contribution is -0.137. The van der Waals surface area contributed by atoms with E-state index in [0.717, 1.165) is 0 Å². The van der Waals surface area contributed by atoms with Crippen molar-refractivity contribution in [1.29, 1.82) is 0 Å². The van der Waals surface area contributed by atoms with Crippen LogP contribution in [0.3, 0.4) is 0 Å². The smallest absolute Gasteiger partial charge is 0.304 e. The minimum Gasteiger partial charge on any atom is -0.481 e. The highest BCUT2D eigenvalue weighted by molar-refractivity contribution is 5.72. The Hall–Kier alpha value is -1.10. The van der Waals surface area contributed by atoms with Crippen molar-refractivity contribution in [1.82, 2.24) is 5.32 Å². The van der Waals surface area contributed by atoms with Crippen LogP contribution in [0.15, 0.2) is 0 Å². The standard InChI is InChI=1S/C8H16N2O3/c1-6(11)10-4-2-3-7(9)5-8(12)13/h7H,2-5,9H2,1H3,(H,10,11)(H,12,13)/t7-/m0/s1. The first-order valence-electron chi connectivity index (χ1n) is 4.24. The van der Waals surface area contributed by atoms with Crippen molar-refractivity contribution < 1.29 is 14.7 Å². The fraction of sp³-hybridized carbons (Fsp3) is 0.750. The zero-order valence-corrected chi connectivity index (χ0v) is 7.75. The van der Waals surface area contributed by atoms with E-state index in [-0.39, 0.29) is 18.4 Å². The first kappa shape index (κ1) is 11.9. The van der Waals surface area contributed by atoms with Crippen molar-refractivity contribution in [2.24, 2.45) is 5.73 Å². The second-order valence-electron chi connectivity index (χ2n) is 2.98. The van der Waals surface area contributed by atoms with Gasteiger partial charge in [0.1, 0.15) is 0 Å². The summed E-state index contributed by atoms with van der Waals surface area (Å²) >= 11 is 0. The number of carboxylic acid groups (broad SMARTS) is 1. The second kappa shape index (κ2) is 6.42. The number of aliphatic carboxylic acids is 1. The summed E-state index contributed by atoms with van der Waals surface area (Å²) in [6.07, 6.45) is 1.32. The Labute approximate surface area is 77.3 Å². The molecule has 5 heteroatoms. The van der Waals surface area contributed by atoms with E-state index in [1.54, 1.807) is 0 Å². The Bertz CT molecular complexity index is 182. The fourth-order valence-electron chi connectivity index (χ4n) is 0.955. The zero-order valence-electron chi connectivity index (χ0n) is 7.75. The SMILES string of the molecule is CC(=O)NCCC[C@H](N)CC(=O)O. The van der Waals surface area contributed by atoms with E-state index in [0.29, 0.717) is 19.4 Å². The number of carbonyl (C=O) groups excluding carboxylic acids is 1. The monoisotopic (exact) mass is 188 g/mol. The van der Waals surface area contributed by atoms with E-state index in [9.17, 15) is 9.59 Å². The maximum atomic E-state index is 10.4. The number of hydrogen-bond donors (Lipinski definition) is 3. The summed E-state index contributed by atoms with van der Waals surface area (Å²) in [4.78, 5) is 20.6. The van der Waals surface area contributed by atoms with Gasteiger partial charge < -0.3 is 16.2 Å². The quantitative estimate of drug-likeness (QED) is 0.499. The highest BCUT2D eigenvalue weighted by Crippen LogP contribution is 1.97. The van der Waals surface area contributed by atoms with Crippen LogP contribution in [-0.2, 0) is 9.59 Å². The van der Waals surface area contributed by atoms with Crippen molar-refractivity contribution in [2.75, 3.05) is 6.54 Å². The Morgan fingerprint density at radius 1 is 1.54 bits per heavy atom. The molecule has 0 radical (unpaired) electrons. The van der Waals surface area contributed by atoms with Gasteiger partial charge in [-0.2, -0.15) is 0 Å². The lowest BCUT2D eigenvalue weighted by atomic mass is 10.1. The van der Waals surface area contributed by atoms with Crippen molar-refractivity contribution >= 4 is 11.9 Å². The van der Waals surface area contributed by atoms with Gasteiger partial charge in [0.25, 0.3) is 0 Å². The second-order valence-corrected chi connectivity index (χ2v) is 2.98. The van der Waals surface area contributed by atoms with Crippen LogP contribution in [0.4, 0.5) is 0 Å². The molecule has 0 spiro atoms. The van der Waals surface area contributed by atoms with Gasteiger partial charge in [0, 0.05) is 19.5 Å². The van der Waals surface area contributed by atoms with Crippen LogP contribution in [0.5, 0.6) is 0 Å². The number of nitrogens with two attached hydrogens (primary N) is 1. The van der Waals surface area contributed by atoms with Crippen LogP contribution in [0.1, 0.15) is 26.2 Å². The third kappa shape index (κ3) is 8.81. The van der Waals surface area contributed by atoms with E-state index in [1.807, 2.05) is 0 Å². The molecule has 0 aliphatic rings. The Balaban J connectivity index is 3.31. The molecule has 0 heterocycles. The summed E-state index contributed by atoms with van der Waals surface area (Å²) in [6.45, 7) is 2.00. The van der Waals surface area contributed by atoms with Gasteiger partial charge >= 0.3 is 5.97 Å². The highest BCUT2D eigenvalue weighted by Gasteiger charge is 2.06. The number of rotatable bonds is 6. The van der Waals surface area contributed by atoms with Crippen molar-refractivity contribution in [3.05, 3.63) is 0 Å². The van der Waals surface area contributed by atoms with Crippen LogP contribution >= 0.6 is 0 Å². The molecule has 0 fully saturated rings. The molecule has 0 saturated heterocycles. The largest absolute Gasteiger partial charge is 0.481 e. The van der Waals surface area contributed by atoms with Crippen molar-refractivity contribution in [3.8, 4) is 0 Å². The van der Waals surface area contributed by atoms with E-state index in [1.165, 1.54) is 6.92 Å². The molecule has 4 N–H and O–H groups in total. The normalized spacial score (nSPS) is 12.2. The van der Waals surface area contributed by atoms with E-state index in [4.69, 9.17) is 10.8 Å². The molecule has 76 valence electrons. The summed E-state index contributed by atoms with van der Waals surface area (Å²) in [5.41, 5.74) is 5.50. The molecule has 0 saturated carbocycles. The van der Waals surface area contributed by atoms with Crippen LogP contribution in [0.25, 0.3) is 0 Å². The topological polar surface area (TPSA) is 92.4 Å². The summed E-state index contributed by atoms with van der Waals surface area (Å²) in [5.74, 6) is -0.959. The van der Waals surface area contributed by atoms with E-state index >= 15 is 0 Å². The van der Waals surface area contributed by atoms with Gasteiger partial charge in [-0.3, -0.25) is 9.59 Å². The van der Waals surface area contributed by atoms with Gasteiger partial charge in [-0.05, 0) is 12.8 Å². The maximum Gasteiger partial charge on any atom is 0.304 e. The molecule has 13 heavy (non-hydrogen) atoms. The van der Waals surface area contributed by atoms with Crippen LogP contribution in [-0.4, -0.2) is 29.6 Å². The molecule has 0 aromatic heterocycles. The van der Waals surface area contributed by atoms with Gasteiger partial charge in [0.05, 0.1) is 6.42 Å². The van der Waals surface area contributed by atoms with Crippen LogP contribution < -0.4 is 11.1 Å². The van der Waals surface area contributed by atoms with Gasteiger partial charge in [-0.15, -0.1) is 0 Å². The van der Waals surface area contributed by atoms with Gasteiger partial charge in [-0.1, -0.05) is 0 Å². The summed E-state index contributed by atoms with van der Waals surface area (Å²) in [6, 6.07) is -0.314. The molecular formula is C8H16N2O3. The number of carboxylic acids is 1. The molecule has 0 aromatic rings. The Kier molecular flexibility index (Phi) is 5.88. The molecular weight excluding hydrogens is 172 g/mol. The van der Waals surface area contributed by atoms with Gasteiger partial charge in [-0.25, -0.2) is 0 Å². The molecule has 0 aromatic carbocycles. The fourth-order valence-corrected chi connectivity index (χ4v) is 0.955. The molecule has 5 nitrogen and oxygen atoms in total. The third-order valence-corrected chi connectivity index (χ3v) is 1.56. The predicted molar refractivity (Wildman–Crippen MR) is 48.1 cm³/mol.